The highest BCUT2D eigenvalue weighted by molar-refractivity contribution is 7.94. The molecule has 3 rings (SSSR count). The quantitative estimate of drug-likeness (QED) is 0.855. The van der Waals surface area contributed by atoms with Gasteiger partial charge in [-0.1, -0.05) is 36.8 Å². The summed E-state index contributed by atoms with van der Waals surface area (Å²) >= 11 is 0. The van der Waals surface area contributed by atoms with Gasteiger partial charge in [-0.15, -0.1) is 0 Å². The van der Waals surface area contributed by atoms with Crippen molar-refractivity contribution in [2.24, 2.45) is 5.92 Å². The van der Waals surface area contributed by atoms with Crippen molar-refractivity contribution in [3.05, 3.63) is 65.2 Å². The SMILES string of the molecule is Cc1cccc(CCNC(=O)c2ccc(N3C(=O)C(C)CS3(=O)=O)cc2)c1. The van der Waals surface area contributed by atoms with Crippen molar-refractivity contribution in [3.8, 4) is 0 Å². The van der Waals surface area contributed by atoms with Crippen LogP contribution in [-0.4, -0.2) is 32.5 Å². The normalized spacial score (nSPS) is 18.5. The number of sulfonamides is 1. The van der Waals surface area contributed by atoms with Gasteiger partial charge in [-0.25, -0.2) is 12.7 Å². The lowest BCUT2D eigenvalue weighted by atomic mass is 10.1. The van der Waals surface area contributed by atoms with Crippen molar-refractivity contribution in [3.63, 3.8) is 0 Å². The highest BCUT2D eigenvalue weighted by Gasteiger charge is 2.41. The monoisotopic (exact) mass is 386 g/mol. The molecule has 27 heavy (non-hydrogen) atoms. The van der Waals surface area contributed by atoms with E-state index in [-0.39, 0.29) is 17.3 Å². The third kappa shape index (κ3) is 4.19. The number of benzene rings is 2. The zero-order chi connectivity index (χ0) is 19.6. The fraction of sp³-hybridized carbons (Fsp3) is 0.300. The number of nitrogens with one attached hydrogen (secondary N) is 1. The molecule has 0 aromatic heterocycles. The number of carbonyl (C=O) groups excluding carboxylic acids is 2. The van der Waals surface area contributed by atoms with Crippen LogP contribution < -0.4 is 9.62 Å². The van der Waals surface area contributed by atoms with Crippen LogP contribution in [0.25, 0.3) is 0 Å². The van der Waals surface area contributed by atoms with E-state index in [0.717, 1.165) is 16.3 Å². The molecule has 0 spiro atoms. The predicted molar refractivity (Wildman–Crippen MR) is 104 cm³/mol. The number of carbonyl (C=O) groups is 2. The zero-order valence-corrected chi connectivity index (χ0v) is 16.1. The molecule has 7 heteroatoms. The Kier molecular flexibility index (Phi) is 5.32. The Labute approximate surface area is 159 Å². The number of nitrogens with zero attached hydrogens (tertiary/aromatic N) is 1. The summed E-state index contributed by atoms with van der Waals surface area (Å²) in [5.41, 5.74) is 3.01. The second kappa shape index (κ2) is 7.52. The van der Waals surface area contributed by atoms with E-state index >= 15 is 0 Å². The Morgan fingerprint density at radius 2 is 1.89 bits per heavy atom. The summed E-state index contributed by atoms with van der Waals surface area (Å²) in [6, 6.07) is 14.1. The average Bonchev–Trinajstić information content (AvgIpc) is 2.82. The molecule has 1 saturated heterocycles. The molecule has 0 aliphatic carbocycles. The maximum atomic E-state index is 12.3. The van der Waals surface area contributed by atoms with Crippen LogP contribution in [0.15, 0.2) is 48.5 Å². The standard InChI is InChI=1S/C20H22N2O4S/c1-14-4-3-5-16(12-14)10-11-21-19(23)17-6-8-18(9-7-17)22-20(24)15(2)13-27(22,25)26/h3-9,12,15H,10-11,13H2,1-2H3,(H,21,23). The maximum absolute atomic E-state index is 12.3. The minimum Gasteiger partial charge on any atom is -0.352 e. The molecule has 2 amide bonds. The largest absolute Gasteiger partial charge is 0.352 e. The summed E-state index contributed by atoms with van der Waals surface area (Å²) < 4.78 is 25.1. The van der Waals surface area contributed by atoms with Gasteiger partial charge < -0.3 is 5.32 Å². The number of aryl methyl sites for hydroxylation is 1. The van der Waals surface area contributed by atoms with Crippen LogP contribution in [0.3, 0.4) is 0 Å². The predicted octanol–water partition coefficient (Wildman–Crippen LogP) is 2.28. The summed E-state index contributed by atoms with van der Waals surface area (Å²) in [5.74, 6) is -1.42. The molecule has 1 fully saturated rings. The molecule has 1 N–H and O–H groups in total. The molecule has 142 valence electrons. The van der Waals surface area contributed by atoms with E-state index in [1.54, 1.807) is 6.92 Å². The second-order valence-electron chi connectivity index (χ2n) is 6.82. The Bertz CT molecular complexity index is 968. The molecular weight excluding hydrogens is 364 g/mol. The van der Waals surface area contributed by atoms with E-state index in [9.17, 15) is 18.0 Å². The minimum absolute atomic E-state index is 0.187. The van der Waals surface area contributed by atoms with Crippen LogP contribution in [0.2, 0.25) is 0 Å². The number of anilines is 1. The first kappa shape index (κ1) is 19.1. The van der Waals surface area contributed by atoms with Crippen LogP contribution in [-0.2, 0) is 21.2 Å². The minimum atomic E-state index is -3.64. The Balaban J connectivity index is 1.63. The van der Waals surface area contributed by atoms with Crippen LogP contribution in [0.1, 0.15) is 28.4 Å². The molecule has 1 atom stereocenters. The lowest BCUT2D eigenvalue weighted by Crippen LogP contribution is -2.30. The molecule has 2 aromatic carbocycles. The third-order valence-corrected chi connectivity index (χ3v) is 6.37. The lowest BCUT2D eigenvalue weighted by molar-refractivity contribution is -0.119. The fourth-order valence-corrected chi connectivity index (χ4v) is 4.95. The smallest absolute Gasteiger partial charge is 0.251 e. The van der Waals surface area contributed by atoms with Crippen molar-refractivity contribution in [1.29, 1.82) is 0 Å². The number of hydrogen-bond donors (Lipinski definition) is 1. The molecular formula is C20H22N2O4S. The first-order valence-electron chi connectivity index (χ1n) is 8.78. The highest BCUT2D eigenvalue weighted by Crippen LogP contribution is 2.28. The van der Waals surface area contributed by atoms with Crippen molar-refractivity contribution >= 4 is 27.5 Å². The molecule has 6 nitrogen and oxygen atoms in total. The Morgan fingerprint density at radius 1 is 1.19 bits per heavy atom. The second-order valence-corrected chi connectivity index (χ2v) is 8.69. The molecule has 2 aromatic rings. The molecule has 1 heterocycles. The van der Waals surface area contributed by atoms with E-state index in [4.69, 9.17) is 0 Å². The maximum Gasteiger partial charge on any atom is 0.251 e. The van der Waals surface area contributed by atoms with Crippen LogP contribution in [0.4, 0.5) is 5.69 Å². The van der Waals surface area contributed by atoms with Crippen molar-refractivity contribution < 1.29 is 18.0 Å². The van der Waals surface area contributed by atoms with Gasteiger partial charge in [-0.3, -0.25) is 9.59 Å². The van der Waals surface area contributed by atoms with Gasteiger partial charge in [0.2, 0.25) is 15.9 Å². The van der Waals surface area contributed by atoms with E-state index in [2.05, 4.69) is 11.4 Å². The van der Waals surface area contributed by atoms with Gasteiger partial charge in [-0.2, -0.15) is 0 Å². The van der Waals surface area contributed by atoms with Gasteiger partial charge in [-0.05, 0) is 43.2 Å². The number of hydrogen-bond acceptors (Lipinski definition) is 4. The van der Waals surface area contributed by atoms with Gasteiger partial charge in [0, 0.05) is 12.1 Å². The summed E-state index contributed by atoms with van der Waals surface area (Å²) in [6.45, 7) is 4.12. The first-order valence-corrected chi connectivity index (χ1v) is 10.4. The van der Waals surface area contributed by atoms with Crippen LogP contribution >= 0.6 is 0 Å². The highest BCUT2D eigenvalue weighted by atomic mass is 32.2. The summed E-state index contributed by atoms with van der Waals surface area (Å²) in [6.07, 6.45) is 0.726. The molecule has 1 aliphatic heterocycles. The summed E-state index contributed by atoms with van der Waals surface area (Å²) in [7, 11) is -3.64. The van der Waals surface area contributed by atoms with E-state index in [0.29, 0.717) is 12.1 Å². The first-order chi connectivity index (χ1) is 12.8. The Morgan fingerprint density at radius 3 is 2.48 bits per heavy atom. The molecule has 1 unspecified atom stereocenters. The summed E-state index contributed by atoms with van der Waals surface area (Å²) in [5, 5.41) is 2.85. The van der Waals surface area contributed by atoms with Gasteiger partial charge in [0.1, 0.15) is 0 Å². The number of rotatable bonds is 5. The van der Waals surface area contributed by atoms with E-state index in [1.165, 1.54) is 29.8 Å². The van der Waals surface area contributed by atoms with Gasteiger partial charge >= 0.3 is 0 Å². The van der Waals surface area contributed by atoms with Gasteiger partial charge in [0.15, 0.2) is 0 Å². The van der Waals surface area contributed by atoms with Gasteiger partial charge in [0.25, 0.3) is 5.91 Å². The lowest BCUT2D eigenvalue weighted by Gasteiger charge is -2.15. The molecule has 0 bridgehead atoms. The topological polar surface area (TPSA) is 83.6 Å². The number of amides is 2. The van der Waals surface area contributed by atoms with E-state index in [1.807, 2.05) is 25.1 Å². The molecule has 1 aliphatic rings. The summed E-state index contributed by atoms with van der Waals surface area (Å²) in [4.78, 5) is 24.4. The van der Waals surface area contributed by atoms with Crippen LogP contribution in [0, 0.1) is 12.8 Å². The van der Waals surface area contributed by atoms with Gasteiger partial charge in [0.05, 0.1) is 17.4 Å². The zero-order valence-electron chi connectivity index (χ0n) is 15.3. The van der Waals surface area contributed by atoms with E-state index < -0.39 is 21.8 Å². The Hall–Kier alpha value is -2.67. The third-order valence-electron chi connectivity index (χ3n) is 4.51. The molecule has 0 saturated carbocycles. The van der Waals surface area contributed by atoms with Crippen LogP contribution in [0.5, 0.6) is 0 Å². The molecule has 0 radical (unpaired) electrons. The average molecular weight is 386 g/mol. The fourth-order valence-electron chi connectivity index (χ4n) is 3.13. The van der Waals surface area contributed by atoms with Crippen molar-refractivity contribution in [2.45, 2.75) is 20.3 Å². The van der Waals surface area contributed by atoms with Crippen molar-refractivity contribution in [1.82, 2.24) is 5.32 Å². The van der Waals surface area contributed by atoms with Crippen molar-refractivity contribution in [2.75, 3.05) is 16.6 Å².